The smallest absolute Gasteiger partial charge is 0.264 e. The van der Waals surface area contributed by atoms with E-state index in [-0.39, 0.29) is 5.15 Å². The topological polar surface area (TPSA) is 137 Å². The molecule has 1 aliphatic heterocycles. The predicted octanol–water partition coefficient (Wildman–Crippen LogP) is -0.925. The monoisotopic (exact) mass is 364 g/mol. The number of rotatable bonds is 4. The Bertz CT molecular complexity index is 827. The van der Waals surface area contributed by atoms with E-state index in [4.69, 9.17) is 20.5 Å². The number of hydrogen-bond donors (Lipinski definition) is 2. The molecule has 12 heteroatoms. The fraction of sp³-hybridized carbons (Fsp3) is 0.545. The van der Waals surface area contributed by atoms with Crippen molar-refractivity contribution in [1.29, 1.82) is 0 Å². The van der Waals surface area contributed by atoms with E-state index in [1.54, 1.807) is 0 Å². The molecule has 3 heterocycles. The van der Waals surface area contributed by atoms with E-state index in [1.807, 2.05) is 0 Å². The highest BCUT2D eigenvalue weighted by Gasteiger charge is 2.47. The Hall–Kier alpha value is -1.37. The van der Waals surface area contributed by atoms with Crippen LogP contribution in [0.15, 0.2) is 12.7 Å². The first-order chi connectivity index (χ1) is 10.8. The van der Waals surface area contributed by atoms with Gasteiger partial charge >= 0.3 is 0 Å². The van der Waals surface area contributed by atoms with Crippen LogP contribution in [0, 0.1) is 0 Å². The van der Waals surface area contributed by atoms with Gasteiger partial charge in [-0.1, -0.05) is 11.6 Å². The van der Waals surface area contributed by atoms with Crippen LogP contribution in [0.1, 0.15) is 6.23 Å². The van der Waals surface area contributed by atoms with E-state index in [1.165, 1.54) is 17.2 Å². The summed E-state index contributed by atoms with van der Waals surface area (Å²) in [6, 6.07) is 0. The lowest BCUT2D eigenvalue weighted by Gasteiger charge is -2.18. The molecule has 0 aliphatic carbocycles. The van der Waals surface area contributed by atoms with E-state index in [0.29, 0.717) is 11.2 Å². The molecule has 0 radical (unpaired) electrons. The van der Waals surface area contributed by atoms with Gasteiger partial charge in [0, 0.05) is 0 Å². The van der Waals surface area contributed by atoms with Crippen molar-refractivity contribution >= 4 is 32.9 Å². The number of aliphatic hydroxyl groups is 2. The summed E-state index contributed by atoms with van der Waals surface area (Å²) in [6.07, 6.45) is -1.30. The number of halogens is 1. The molecular formula is C11H13ClN4O6S. The van der Waals surface area contributed by atoms with Gasteiger partial charge < -0.3 is 14.9 Å². The summed E-state index contributed by atoms with van der Waals surface area (Å²) in [6.45, 7) is -0.532. The fourth-order valence-electron chi connectivity index (χ4n) is 2.43. The van der Waals surface area contributed by atoms with Gasteiger partial charge in [0.1, 0.15) is 30.2 Å². The van der Waals surface area contributed by atoms with Crippen molar-refractivity contribution in [2.24, 2.45) is 0 Å². The molecule has 1 fully saturated rings. The fourth-order valence-corrected chi connectivity index (χ4v) is 3.24. The van der Waals surface area contributed by atoms with Crippen LogP contribution < -0.4 is 0 Å². The first-order valence-electron chi connectivity index (χ1n) is 6.47. The van der Waals surface area contributed by atoms with Crippen molar-refractivity contribution in [2.75, 3.05) is 12.9 Å². The molecule has 0 spiro atoms. The third kappa shape index (κ3) is 3.03. The van der Waals surface area contributed by atoms with Crippen LogP contribution in [0.4, 0.5) is 0 Å². The number of hydrogen-bond acceptors (Lipinski definition) is 9. The number of aliphatic hydroxyl groups excluding tert-OH is 2. The van der Waals surface area contributed by atoms with Crippen molar-refractivity contribution in [2.45, 2.75) is 24.5 Å². The third-order valence-electron chi connectivity index (χ3n) is 3.36. The molecule has 0 amide bonds. The zero-order valence-corrected chi connectivity index (χ0v) is 13.3. The highest BCUT2D eigenvalue weighted by atomic mass is 35.5. The minimum Gasteiger partial charge on any atom is -0.394 e. The summed E-state index contributed by atoms with van der Waals surface area (Å²) < 4.78 is 34.3. The van der Waals surface area contributed by atoms with Crippen molar-refractivity contribution < 1.29 is 27.6 Å². The Morgan fingerprint density at radius 3 is 2.83 bits per heavy atom. The molecule has 23 heavy (non-hydrogen) atoms. The number of fused-ring (bicyclic) bond motifs is 1. The van der Waals surface area contributed by atoms with E-state index in [9.17, 15) is 18.6 Å². The maximum absolute atomic E-state index is 11.3. The summed E-state index contributed by atoms with van der Waals surface area (Å²) in [5, 5.41) is 19.8. The molecule has 126 valence electrons. The van der Waals surface area contributed by atoms with Crippen molar-refractivity contribution in [3.63, 3.8) is 0 Å². The first-order valence-corrected chi connectivity index (χ1v) is 8.67. The summed E-state index contributed by atoms with van der Waals surface area (Å²) in [5.41, 5.74) is 0.601. The maximum Gasteiger partial charge on any atom is 0.264 e. The minimum absolute atomic E-state index is 0.129. The molecule has 4 atom stereocenters. The number of imidazole rings is 1. The van der Waals surface area contributed by atoms with Crippen LogP contribution in [-0.2, 0) is 19.0 Å². The van der Waals surface area contributed by atoms with Crippen LogP contribution in [0.3, 0.4) is 0 Å². The van der Waals surface area contributed by atoms with E-state index in [2.05, 4.69) is 15.0 Å². The maximum atomic E-state index is 11.3. The third-order valence-corrected chi connectivity index (χ3v) is 4.21. The molecule has 10 nitrogen and oxygen atoms in total. The van der Waals surface area contributed by atoms with Gasteiger partial charge in [-0.2, -0.15) is 8.42 Å². The van der Waals surface area contributed by atoms with Crippen LogP contribution in [0.25, 0.3) is 11.2 Å². The van der Waals surface area contributed by atoms with Crippen LogP contribution in [0.2, 0.25) is 5.15 Å². The molecule has 1 saturated heterocycles. The van der Waals surface area contributed by atoms with Gasteiger partial charge in [0.25, 0.3) is 10.1 Å². The summed E-state index contributed by atoms with van der Waals surface area (Å²) >= 11 is 5.91. The minimum atomic E-state index is -3.85. The number of nitrogens with zero attached hydrogens (tertiary/aromatic N) is 4. The van der Waals surface area contributed by atoms with Crippen molar-refractivity contribution in [3.8, 4) is 0 Å². The zero-order chi connectivity index (χ0) is 16.8. The molecular weight excluding hydrogens is 352 g/mol. The van der Waals surface area contributed by atoms with Gasteiger partial charge in [-0.25, -0.2) is 15.0 Å². The van der Waals surface area contributed by atoms with E-state index < -0.39 is 41.3 Å². The average molecular weight is 365 g/mol. The van der Waals surface area contributed by atoms with Gasteiger partial charge in [-0.15, -0.1) is 0 Å². The Labute approximate surface area is 135 Å². The van der Waals surface area contributed by atoms with Crippen molar-refractivity contribution in [3.05, 3.63) is 17.8 Å². The quantitative estimate of drug-likeness (QED) is 0.520. The van der Waals surface area contributed by atoms with E-state index >= 15 is 0 Å². The molecule has 2 aromatic rings. The molecule has 3 rings (SSSR count). The molecule has 0 unspecified atom stereocenters. The van der Waals surface area contributed by atoms with Gasteiger partial charge in [0.2, 0.25) is 0 Å². The molecule has 1 aliphatic rings. The van der Waals surface area contributed by atoms with Gasteiger partial charge in [0.15, 0.2) is 17.0 Å². The standard InChI is InChI=1S/C11H13ClN4O6S/c1-23(19,20)22-8-5(2-17)21-11(7(8)18)16-4-15-6-9(12)13-3-14-10(6)16/h3-5,7-8,11,17-18H,2H2,1H3/t5-,7-,8+,11-/m1/s1. The van der Waals surface area contributed by atoms with Crippen LogP contribution in [-0.4, -0.2) is 69.3 Å². The lowest BCUT2D eigenvalue weighted by atomic mass is 10.1. The molecule has 0 saturated carbocycles. The number of aromatic nitrogens is 4. The normalized spacial score (nSPS) is 28.5. The average Bonchev–Trinajstić information content (AvgIpc) is 3.01. The number of ether oxygens (including phenoxy) is 1. The highest BCUT2D eigenvalue weighted by molar-refractivity contribution is 7.86. The Morgan fingerprint density at radius 1 is 1.43 bits per heavy atom. The van der Waals surface area contributed by atoms with Crippen LogP contribution >= 0.6 is 11.6 Å². The summed E-state index contributed by atoms with van der Waals surface area (Å²) in [7, 11) is -3.85. The summed E-state index contributed by atoms with van der Waals surface area (Å²) in [4.78, 5) is 11.9. The Balaban J connectivity index is 1.98. The lowest BCUT2D eigenvalue weighted by Crippen LogP contribution is -2.37. The molecule has 0 aromatic carbocycles. The Kier molecular flexibility index (Phi) is 4.25. The van der Waals surface area contributed by atoms with E-state index in [0.717, 1.165) is 6.26 Å². The Morgan fingerprint density at radius 2 is 2.17 bits per heavy atom. The van der Waals surface area contributed by atoms with Gasteiger partial charge in [-0.3, -0.25) is 8.75 Å². The van der Waals surface area contributed by atoms with Gasteiger partial charge in [-0.05, 0) is 0 Å². The second kappa shape index (κ2) is 5.92. The predicted molar refractivity (Wildman–Crippen MR) is 77.1 cm³/mol. The second-order valence-electron chi connectivity index (χ2n) is 4.99. The second-order valence-corrected chi connectivity index (χ2v) is 6.95. The largest absolute Gasteiger partial charge is 0.394 e. The zero-order valence-electron chi connectivity index (χ0n) is 11.8. The lowest BCUT2D eigenvalue weighted by molar-refractivity contribution is -0.0502. The molecule has 2 aromatic heterocycles. The summed E-state index contributed by atoms with van der Waals surface area (Å²) in [5.74, 6) is 0. The van der Waals surface area contributed by atoms with Crippen LogP contribution in [0.5, 0.6) is 0 Å². The van der Waals surface area contributed by atoms with Gasteiger partial charge in [0.05, 0.1) is 19.2 Å². The first kappa shape index (κ1) is 16.5. The SMILES string of the molecule is CS(=O)(=O)O[C@@H]1[C@@H](O)[C@H](n2cnc3c(Cl)ncnc32)O[C@@H]1CO. The molecule has 0 bridgehead atoms. The molecule has 2 N–H and O–H groups in total. The van der Waals surface area contributed by atoms with Crippen molar-refractivity contribution in [1.82, 2.24) is 19.5 Å². The highest BCUT2D eigenvalue weighted by Crippen LogP contribution is 2.34.